The summed E-state index contributed by atoms with van der Waals surface area (Å²) in [6.45, 7) is 13.2. The van der Waals surface area contributed by atoms with E-state index in [1.165, 1.54) is 12.0 Å². The molecular formula is C51H83NO13. The van der Waals surface area contributed by atoms with E-state index in [0.717, 1.165) is 12.0 Å². The van der Waals surface area contributed by atoms with Gasteiger partial charge < -0.3 is 54.1 Å². The molecule has 0 aromatic rings. The van der Waals surface area contributed by atoms with Crippen LogP contribution in [0.2, 0.25) is 0 Å². The van der Waals surface area contributed by atoms with Crippen LogP contribution in [-0.2, 0) is 38.1 Å². The maximum Gasteiger partial charge on any atom is 0.329 e. The fourth-order valence-corrected chi connectivity index (χ4v) is 10.4. The van der Waals surface area contributed by atoms with E-state index in [4.69, 9.17) is 23.7 Å². The summed E-state index contributed by atoms with van der Waals surface area (Å²) >= 11 is 0. The van der Waals surface area contributed by atoms with Crippen molar-refractivity contribution in [3.63, 3.8) is 0 Å². The number of fused-ring (bicyclic) bond motifs is 3. The molecule has 4 aliphatic rings. The van der Waals surface area contributed by atoms with E-state index < -0.39 is 90.2 Å². The van der Waals surface area contributed by atoms with E-state index in [1.807, 2.05) is 58.1 Å². The largest absolute Gasteiger partial charge is 0.460 e. The molecule has 3 heterocycles. The summed E-state index contributed by atoms with van der Waals surface area (Å²) in [5.41, 5.74) is 1.41. The average Bonchev–Trinajstić information content (AvgIpc) is 3.28. The molecule has 3 aliphatic heterocycles. The number of aliphatic hydroxyl groups excluding tert-OH is 4. The topological polar surface area (TPSA) is 202 Å². The number of hydrogen-bond donors (Lipinski definition) is 5. The average molecular weight is 918 g/mol. The molecule has 0 aromatic carbocycles. The zero-order valence-corrected chi connectivity index (χ0v) is 40.8. The molecule has 2 saturated heterocycles. The lowest BCUT2D eigenvalue weighted by Gasteiger charge is -2.43. The number of ether oxygens (including phenoxy) is 5. The van der Waals surface area contributed by atoms with Crippen LogP contribution in [0.25, 0.3) is 0 Å². The van der Waals surface area contributed by atoms with E-state index in [9.17, 15) is 39.9 Å². The molecule has 65 heavy (non-hydrogen) atoms. The smallest absolute Gasteiger partial charge is 0.329 e. The Morgan fingerprint density at radius 1 is 0.815 bits per heavy atom. The lowest BCUT2D eigenvalue weighted by atomic mass is 9.78. The zero-order valence-electron chi connectivity index (χ0n) is 40.8. The number of Topliss-reactive ketones (excluding diaryl/α,β-unsaturated/α-hetero) is 1. The second kappa shape index (κ2) is 25.5. The quantitative estimate of drug-likeness (QED) is 0.122. The number of methoxy groups -OCH3 is 3. The number of carbonyl (C=O) groups excluding carboxylic acids is 3. The lowest BCUT2D eigenvalue weighted by molar-refractivity contribution is -0.265. The maximum absolute atomic E-state index is 14.4. The van der Waals surface area contributed by atoms with Crippen LogP contribution >= 0.6 is 0 Å². The van der Waals surface area contributed by atoms with E-state index in [0.29, 0.717) is 63.4 Å². The Bertz CT molecular complexity index is 1660. The number of esters is 1. The Morgan fingerprint density at radius 3 is 2.22 bits per heavy atom. The van der Waals surface area contributed by atoms with Crippen molar-refractivity contribution in [3.8, 4) is 0 Å². The molecule has 1 aliphatic carbocycles. The van der Waals surface area contributed by atoms with Crippen LogP contribution < -0.4 is 0 Å². The number of rotatable bonds is 6. The number of hydrogen-bond acceptors (Lipinski definition) is 13. The first-order valence-electron chi connectivity index (χ1n) is 24.2. The molecule has 14 heteroatoms. The van der Waals surface area contributed by atoms with Crippen molar-refractivity contribution in [3.05, 3.63) is 47.6 Å². The fourth-order valence-electron chi connectivity index (χ4n) is 10.4. The van der Waals surface area contributed by atoms with Crippen molar-refractivity contribution >= 4 is 17.7 Å². The van der Waals surface area contributed by atoms with Crippen LogP contribution in [0, 0.1) is 35.5 Å². The highest BCUT2D eigenvalue weighted by Crippen LogP contribution is 2.38. The summed E-state index contributed by atoms with van der Waals surface area (Å²) in [7, 11) is 4.63. The Morgan fingerprint density at radius 2 is 1.54 bits per heavy atom. The van der Waals surface area contributed by atoms with Crippen LogP contribution in [0.3, 0.4) is 0 Å². The molecule has 4 rings (SSSR count). The van der Waals surface area contributed by atoms with Crippen molar-refractivity contribution in [2.45, 2.75) is 192 Å². The summed E-state index contributed by atoms with van der Waals surface area (Å²) < 4.78 is 29.6. The first kappa shape index (κ1) is 54.8. The van der Waals surface area contributed by atoms with E-state index >= 15 is 0 Å². The molecule has 2 bridgehead atoms. The standard InChI is InChI=1S/C51H83NO13/c1-30-16-12-11-13-17-31(2)42(61-8)28-38-21-19-36(7)51(60,65-38)48(57)49(58)52-23-15-14-18-39(52)50(59)64-43(33(4)26-37-20-22-40(53)44(27-37)62-9)29-41(54)32(3)25-35(6)46(56)47(63-10)45(55)34(5)24-30/h11-13,16-17,25,30,32-34,36-47,53-56,60H,14-15,18-24,26-29H2,1-10H3/b13-11?,16-12+,31-17?,35-25+/t30-,32-,33-,34-,36-,37+,38+,39?,40-,41+,42+,43+,44-,45?,46-,47+,51-/m1/s1. The predicted octanol–water partition coefficient (Wildman–Crippen LogP) is 5.76. The van der Waals surface area contributed by atoms with E-state index in [2.05, 4.69) is 6.92 Å². The molecular weight excluding hydrogens is 835 g/mol. The Balaban J connectivity index is 1.70. The van der Waals surface area contributed by atoms with Crippen molar-refractivity contribution in [2.24, 2.45) is 35.5 Å². The second-order valence-corrected chi connectivity index (χ2v) is 20.0. The van der Waals surface area contributed by atoms with Gasteiger partial charge in [-0.3, -0.25) is 9.59 Å². The van der Waals surface area contributed by atoms with Gasteiger partial charge in [0, 0.05) is 52.6 Å². The molecule has 14 nitrogen and oxygen atoms in total. The maximum atomic E-state index is 14.4. The van der Waals surface area contributed by atoms with E-state index in [-0.39, 0.29) is 49.2 Å². The van der Waals surface area contributed by atoms with Gasteiger partial charge in [-0.2, -0.15) is 0 Å². The van der Waals surface area contributed by atoms with Gasteiger partial charge in [-0.25, -0.2) is 4.79 Å². The van der Waals surface area contributed by atoms with Gasteiger partial charge in [-0.1, -0.05) is 71.1 Å². The van der Waals surface area contributed by atoms with Gasteiger partial charge in [0.05, 0.1) is 36.6 Å². The van der Waals surface area contributed by atoms with Crippen LogP contribution in [0.5, 0.6) is 0 Å². The molecule has 0 aromatic heterocycles. The fraction of sp³-hybridized carbons (Fsp3) is 0.784. The summed E-state index contributed by atoms with van der Waals surface area (Å²) in [6.07, 6.45) is 10.6. The summed E-state index contributed by atoms with van der Waals surface area (Å²) in [5.74, 6) is -6.69. The summed E-state index contributed by atoms with van der Waals surface area (Å²) in [5, 5.41) is 57.2. The van der Waals surface area contributed by atoms with Crippen molar-refractivity contribution in [1.29, 1.82) is 0 Å². The second-order valence-electron chi connectivity index (χ2n) is 20.0. The summed E-state index contributed by atoms with van der Waals surface area (Å²) in [6, 6.07) is -1.10. The number of ketones is 1. The first-order chi connectivity index (χ1) is 30.7. The number of nitrogens with zero attached hydrogens (tertiary/aromatic N) is 1. The summed E-state index contributed by atoms with van der Waals surface area (Å²) in [4.78, 5) is 44.1. The minimum absolute atomic E-state index is 0.0359. The SMILES string of the molecule is CO[C@H]1C[C@@H]2CC[C@@H](C)[C@@](O)(O2)C(=O)C(=O)N2CCCCC2C(=O)O[C@H]([C@H](C)C[C@@H]2CC[C@@H](O)[C@H](OC)C2)C[C@H](O)[C@H](C)/C=C(\C)[C@@H](O)[C@@H](OC)C(O)[C@H](C)C[C@H](C)/C=C/C=CC=C1C. The lowest BCUT2D eigenvalue weighted by Crippen LogP contribution is -2.61. The van der Waals surface area contributed by atoms with Crippen molar-refractivity contribution in [2.75, 3.05) is 27.9 Å². The van der Waals surface area contributed by atoms with Crippen LogP contribution in [-0.4, -0.2) is 143 Å². The molecule has 0 radical (unpaired) electrons. The van der Waals surface area contributed by atoms with E-state index in [1.54, 1.807) is 34.1 Å². The molecule has 3 fully saturated rings. The van der Waals surface area contributed by atoms with Crippen LogP contribution in [0.4, 0.5) is 0 Å². The molecule has 2 unspecified atom stereocenters. The van der Waals surface area contributed by atoms with Gasteiger partial charge in [0.1, 0.15) is 24.4 Å². The molecule has 1 saturated carbocycles. The number of carbonyl (C=O) groups is 3. The van der Waals surface area contributed by atoms with Crippen molar-refractivity contribution < 1.29 is 63.6 Å². The highest BCUT2D eigenvalue weighted by Gasteiger charge is 2.53. The third-order valence-corrected chi connectivity index (χ3v) is 14.9. The first-order valence-corrected chi connectivity index (χ1v) is 24.2. The molecule has 5 N–H and O–H groups in total. The minimum Gasteiger partial charge on any atom is -0.460 e. The Hall–Kier alpha value is -2.79. The van der Waals surface area contributed by atoms with Crippen LogP contribution in [0.1, 0.15) is 126 Å². The molecule has 17 atom stereocenters. The minimum atomic E-state index is -2.41. The Kier molecular flexibility index (Phi) is 21.5. The number of amides is 1. The number of piperidine rings is 1. The third-order valence-electron chi connectivity index (χ3n) is 14.9. The number of aliphatic hydroxyl groups is 5. The van der Waals surface area contributed by atoms with Gasteiger partial charge >= 0.3 is 5.97 Å². The monoisotopic (exact) mass is 918 g/mol. The van der Waals surface area contributed by atoms with Gasteiger partial charge in [0.2, 0.25) is 5.79 Å². The van der Waals surface area contributed by atoms with Gasteiger partial charge in [0.25, 0.3) is 11.7 Å². The van der Waals surface area contributed by atoms with Gasteiger partial charge in [0.15, 0.2) is 0 Å². The predicted molar refractivity (Wildman–Crippen MR) is 247 cm³/mol. The molecule has 1 amide bonds. The highest BCUT2D eigenvalue weighted by atomic mass is 16.6. The molecule has 0 spiro atoms. The van der Waals surface area contributed by atoms with Crippen LogP contribution in [0.15, 0.2) is 47.6 Å². The normalized spacial score (nSPS) is 41.4. The van der Waals surface area contributed by atoms with Gasteiger partial charge in [-0.05, 0) is 113 Å². The zero-order chi connectivity index (χ0) is 48.2. The number of cyclic esters (lactones) is 1. The highest BCUT2D eigenvalue weighted by molar-refractivity contribution is 6.39. The Labute approximate surface area is 388 Å². The molecule has 370 valence electrons. The van der Waals surface area contributed by atoms with Gasteiger partial charge in [-0.15, -0.1) is 0 Å². The van der Waals surface area contributed by atoms with Crippen molar-refractivity contribution in [1.82, 2.24) is 4.90 Å². The number of allylic oxidation sites excluding steroid dienone is 5. The third kappa shape index (κ3) is 14.6.